The highest BCUT2D eigenvalue weighted by atomic mass is 19.2. The molecule has 2 N–H and O–H groups in total. The third-order valence-corrected chi connectivity index (χ3v) is 5.54. The lowest BCUT2D eigenvalue weighted by Crippen LogP contribution is -2.64. The zero-order valence-corrected chi connectivity index (χ0v) is 14.2. The third-order valence-electron chi connectivity index (χ3n) is 5.54. The molecule has 1 spiro atoms. The van der Waals surface area contributed by atoms with Crippen molar-refractivity contribution in [2.75, 3.05) is 19.7 Å². The Morgan fingerprint density at radius 2 is 1.88 bits per heavy atom. The molecular weight excluding hydrogens is 316 g/mol. The Hall–Kier alpha value is -1.08. The minimum atomic E-state index is -1.15. The third kappa shape index (κ3) is 3.08. The Morgan fingerprint density at radius 1 is 1.21 bits per heavy atom. The van der Waals surface area contributed by atoms with Gasteiger partial charge in [-0.15, -0.1) is 0 Å². The van der Waals surface area contributed by atoms with E-state index >= 15 is 0 Å². The molecule has 1 aromatic rings. The molecule has 0 aromatic heterocycles. The van der Waals surface area contributed by atoms with Crippen molar-refractivity contribution in [3.05, 3.63) is 34.9 Å². The number of aliphatic hydroxyl groups excluding tert-OH is 1. The van der Waals surface area contributed by atoms with Crippen LogP contribution in [-0.4, -0.2) is 52.1 Å². The van der Waals surface area contributed by atoms with Crippen LogP contribution < -0.4 is 0 Å². The number of aliphatic hydroxyl groups is 2. The molecular formula is C18H25F2NO3. The Kier molecular flexibility index (Phi) is 4.68. The second-order valence-corrected chi connectivity index (χ2v) is 7.37. The SMILES string of the molecule is Cc1ccc(CN2CCC3(CC2)OCC[C@@](C)(O)[C@@H]3O)c(F)c1F. The first kappa shape index (κ1) is 17.7. The first-order chi connectivity index (χ1) is 11.3. The van der Waals surface area contributed by atoms with Crippen molar-refractivity contribution in [3.63, 3.8) is 0 Å². The van der Waals surface area contributed by atoms with Gasteiger partial charge in [0.25, 0.3) is 0 Å². The maximum atomic E-state index is 14.0. The van der Waals surface area contributed by atoms with E-state index in [4.69, 9.17) is 4.74 Å². The van der Waals surface area contributed by atoms with Gasteiger partial charge in [-0.05, 0) is 32.3 Å². The number of hydrogen-bond acceptors (Lipinski definition) is 4. The summed E-state index contributed by atoms with van der Waals surface area (Å²) in [6.45, 7) is 5.12. The van der Waals surface area contributed by atoms with E-state index < -0.39 is 28.9 Å². The summed E-state index contributed by atoms with van der Waals surface area (Å²) >= 11 is 0. The number of benzene rings is 1. The number of aryl methyl sites for hydroxylation is 1. The van der Waals surface area contributed by atoms with E-state index in [2.05, 4.69) is 0 Å². The van der Waals surface area contributed by atoms with Crippen LogP contribution in [0.25, 0.3) is 0 Å². The van der Waals surface area contributed by atoms with Gasteiger partial charge < -0.3 is 14.9 Å². The van der Waals surface area contributed by atoms with Crippen LogP contribution in [0.5, 0.6) is 0 Å². The number of ether oxygens (including phenoxy) is 1. The molecule has 0 amide bonds. The van der Waals surface area contributed by atoms with E-state index in [-0.39, 0.29) is 0 Å². The Morgan fingerprint density at radius 3 is 2.54 bits per heavy atom. The fourth-order valence-corrected chi connectivity index (χ4v) is 3.80. The molecule has 2 fully saturated rings. The van der Waals surface area contributed by atoms with Crippen molar-refractivity contribution < 1.29 is 23.7 Å². The van der Waals surface area contributed by atoms with Crippen molar-refractivity contribution in [3.8, 4) is 0 Å². The molecule has 0 bridgehead atoms. The van der Waals surface area contributed by atoms with E-state index in [0.29, 0.717) is 56.6 Å². The average molecular weight is 341 g/mol. The van der Waals surface area contributed by atoms with Crippen molar-refractivity contribution in [2.45, 2.75) is 57.0 Å². The maximum Gasteiger partial charge on any atom is 0.163 e. The first-order valence-corrected chi connectivity index (χ1v) is 8.45. The zero-order valence-electron chi connectivity index (χ0n) is 14.2. The van der Waals surface area contributed by atoms with Gasteiger partial charge in [-0.3, -0.25) is 4.90 Å². The quantitative estimate of drug-likeness (QED) is 0.865. The number of hydrogen-bond donors (Lipinski definition) is 2. The van der Waals surface area contributed by atoms with Gasteiger partial charge in [0.15, 0.2) is 11.6 Å². The van der Waals surface area contributed by atoms with Gasteiger partial charge >= 0.3 is 0 Å². The standard InChI is InChI=1S/C18H25F2NO3/c1-12-3-4-13(15(20)14(12)19)11-21-8-5-18(6-9-21)16(22)17(2,23)7-10-24-18/h3-4,16,22-23H,5-11H2,1-2H3/t16-,17+/m0/s1. The van der Waals surface area contributed by atoms with E-state index in [1.165, 1.54) is 0 Å². The molecule has 3 rings (SSSR count). The van der Waals surface area contributed by atoms with Gasteiger partial charge in [-0.1, -0.05) is 12.1 Å². The molecule has 2 saturated heterocycles. The molecule has 4 nitrogen and oxygen atoms in total. The molecule has 0 aliphatic carbocycles. The second kappa shape index (κ2) is 6.33. The van der Waals surface area contributed by atoms with Crippen LogP contribution in [-0.2, 0) is 11.3 Å². The molecule has 0 unspecified atom stereocenters. The normalized spacial score (nSPS) is 30.7. The molecule has 6 heteroatoms. The fourth-order valence-electron chi connectivity index (χ4n) is 3.80. The highest BCUT2D eigenvalue weighted by molar-refractivity contribution is 5.25. The van der Waals surface area contributed by atoms with E-state index in [0.717, 1.165) is 0 Å². The molecule has 2 atom stereocenters. The predicted octanol–water partition coefficient (Wildman–Crippen LogP) is 2.14. The van der Waals surface area contributed by atoms with Crippen molar-refractivity contribution >= 4 is 0 Å². The van der Waals surface area contributed by atoms with E-state index in [1.54, 1.807) is 26.0 Å². The Bertz CT molecular complexity index is 613. The summed E-state index contributed by atoms with van der Waals surface area (Å²) in [7, 11) is 0. The fraction of sp³-hybridized carbons (Fsp3) is 0.667. The van der Waals surface area contributed by atoms with E-state index in [1.807, 2.05) is 4.90 Å². The lowest BCUT2D eigenvalue weighted by molar-refractivity contribution is -0.246. The summed E-state index contributed by atoms with van der Waals surface area (Å²) in [5.41, 5.74) is -1.25. The minimum Gasteiger partial charge on any atom is -0.387 e. The molecule has 24 heavy (non-hydrogen) atoms. The summed E-state index contributed by atoms with van der Waals surface area (Å²) in [4.78, 5) is 2.03. The maximum absolute atomic E-state index is 14.0. The molecule has 2 aliphatic heterocycles. The van der Waals surface area contributed by atoms with Gasteiger partial charge in [0, 0.05) is 31.6 Å². The minimum absolute atomic E-state index is 0.301. The lowest BCUT2D eigenvalue weighted by atomic mass is 9.75. The zero-order chi connectivity index (χ0) is 17.5. The van der Waals surface area contributed by atoms with Crippen molar-refractivity contribution in [1.29, 1.82) is 0 Å². The molecule has 1 aromatic carbocycles. The van der Waals surface area contributed by atoms with Crippen molar-refractivity contribution in [2.24, 2.45) is 0 Å². The number of rotatable bonds is 2. The summed E-state index contributed by atoms with van der Waals surface area (Å²) in [5, 5.41) is 20.8. The van der Waals surface area contributed by atoms with Crippen LogP contribution >= 0.6 is 0 Å². The first-order valence-electron chi connectivity index (χ1n) is 8.45. The molecule has 134 valence electrons. The highest BCUT2D eigenvalue weighted by Gasteiger charge is 2.52. The van der Waals surface area contributed by atoms with Gasteiger partial charge in [-0.25, -0.2) is 8.78 Å². The number of likely N-dealkylation sites (tertiary alicyclic amines) is 1. The second-order valence-electron chi connectivity index (χ2n) is 7.37. The summed E-state index contributed by atoms with van der Waals surface area (Å²) < 4.78 is 33.6. The molecule has 2 aliphatic rings. The van der Waals surface area contributed by atoms with Crippen LogP contribution in [0.1, 0.15) is 37.3 Å². The largest absolute Gasteiger partial charge is 0.387 e. The van der Waals surface area contributed by atoms with E-state index in [9.17, 15) is 19.0 Å². The average Bonchev–Trinajstić information content (AvgIpc) is 2.55. The number of halogens is 2. The summed E-state index contributed by atoms with van der Waals surface area (Å²) in [6.07, 6.45) is 0.586. The predicted molar refractivity (Wildman–Crippen MR) is 85.5 cm³/mol. The van der Waals surface area contributed by atoms with Crippen LogP contribution in [0.2, 0.25) is 0 Å². The molecule has 0 saturated carbocycles. The van der Waals surface area contributed by atoms with Gasteiger partial charge in [0.05, 0.1) is 17.8 Å². The van der Waals surface area contributed by atoms with Gasteiger partial charge in [-0.2, -0.15) is 0 Å². The summed E-state index contributed by atoms with van der Waals surface area (Å²) in [6, 6.07) is 3.21. The molecule has 2 heterocycles. The summed E-state index contributed by atoms with van der Waals surface area (Å²) in [5.74, 6) is -1.57. The molecule has 0 radical (unpaired) electrons. The number of piperidine rings is 1. The van der Waals surface area contributed by atoms with Gasteiger partial charge in [0.2, 0.25) is 0 Å². The van der Waals surface area contributed by atoms with Gasteiger partial charge in [0.1, 0.15) is 6.10 Å². The Labute approximate surface area is 141 Å². The highest BCUT2D eigenvalue weighted by Crippen LogP contribution is 2.40. The monoisotopic (exact) mass is 341 g/mol. The smallest absolute Gasteiger partial charge is 0.163 e. The topological polar surface area (TPSA) is 52.9 Å². The lowest BCUT2D eigenvalue weighted by Gasteiger charge is -2.51. The van der Waals surface area contributed by atoms with Crippen molar-refractivity contribution in [1.82, 2.24) is 4.90 Å². The van der Waals surface area contributed by atoms with Crippen LogP contribution in [0.4, 0.5) is 8.78 Å². The number of nitrogens with zero attached hydrogens (tertiary/aromatic N) is 1. The van der Waals surface area contributed by atoms with Crippen LogP contribution in [0.15, 0.2) is 12.1 Å². The van der Waals surface area contributed by atoms with Crippen LogP contribution in [0, 0.1) is 18.6 Å². The Balaban J connectivity index is 1.67. The van der Waals surface area contributed by atoms with Crippen LogP contribution in [0.3, 0.4) is 0 Å².